The summed E-state index contributed by atoms with van der Waals surface area (Å²) >= 11 is 3.29. The number of nitrogens with one attached hydrogen (secondary N) is 1. The average molecular weight is 202 g/mol. The van der Waals surface area contributed by atoms with Crippen molar-refractivity contribution in [2.24, 2.45) is 0 Å². The van der Waals surface area contributed by atoms with Crippen molar-refractivity contribution >= 4 is 15.9 Å². The molecule has 0 aliphatic rings. The van der Waals surface area contributed by atoms with Crippen molar-refractivity contribution in [1.82, 2.24) is 4.98 Å². The van der Waals surface area contributed by atoms with Gasteiger partial charge in [-0.2, -0.15) is 0 Å². The molecular weight excluding hydrogens is 194 g/mol. The minimum absolute atomic E-state index is 0.0416. The molecule has 0 unspecified atom stereocenters. The standard InChI is InChI=1S/C7H8BrNO/c1-5-4-9-7(10)2-6(5)3-8/h2,4H,3H2,1H3,(H,9,10). The molecule has 0 aliphatic heterocycles. The summed E-state index contributed by atoms with van der Waals surface area (Å²) in [5.41, 5.74) is 2.11. The maximum atomic E-state index is 10.7. The van der Waals surface area contributed by atoms with E-state index in [0.717, 1.165) is 16.5 Å². The second-order valence-corrected chi connectivity index (χ2v) is 2.70. The van der Waals surface area contributed by atoms with Gasteiger partial charge in [0.2, 0.25) is 5.56 Å². The largest absolute Gasteiger partial charge is 0.329 e. The Balaban J connectivity index is 3.22. The molecule has 0 fully saturated rings. The monoisotopic (exact) mass is 201 g/mol. The van der Waals surface area contributed by atoms with Crippen LogP contribution in [0.5, 0.6) is 0 Å². The normalized spacial score (nSPS) is 9.80. The summed E-state index contributed by atoms with van der Waals surface area (Å²) in [7, 11) is 0. The number of pyridine rings is 1. The van der Waals surface area contributed by atoms with E-state index in [2.05, 4.69) is 20.9 Å². The zero-order chi connectivity index (χ0) is 7.56. The molecule has 1 aromatic rings. The minimum Gasteiger partial charge on any atom is -0.329 e. The summed E-state index contributed by atoms with van der Waals surface area (Å²) in [5, 5.41) is 0.739. The highest BCUT2D eigenvalue weighted by molar-refractivity contribution is 9.08. The van der Waals surface area contributed by atoms with E-state index in [-0.39, 0.29) is 5.56 Å². The molecule has 0 radical (unpaired) electrons. The molecule has 1 heterocycles. The molecule has 3 heteroatoms. The van der Waals surface area contributed by atoms with Gasteiger partial charge in [-0.15, -0.1) is 0 Å². The molecule has 1 rings (SSSR count). The Morgan fingerprint density at radius 3 is 2.90 bits per heavy atom. The van der Waals surface area contributed by atoms with Crippen LogP contribution >= 0.6 is 15.9 Å². The first-order valence-electron chi connectivity index (χ1n) is 2.98. The fourth-order valence-corrected chi connectivity index (χ4v) is 1.33. The molecule has 1 N–H and O–H groups in total. The van der Waals surface area contributed by atoms with Crippen LogP contribution in [0.25, 0.3) is 0 Å². The van der Waals surface area contributed by atoms with Crippen LogP contribution in [0.1, 0.15) is 11.1 Å². The summed E-state index contributed by atoms with van der Waals surface area (Å²) in [6.45, 7) is 1.96. The van der Waals surface area contributed by atoms with E-state index < -0.39 is 0 Å². The molecule has 10 heavy (non-hydrogen) atoms. The number of alkyl halides is 1. The van der Waals surface area contributed by atoms with Crippen molar-refractivity contribution in [2.45, 2.75) is 12.3 Å². The molecule has 0 saturated heterocycles. The maximum absolute atomic E-state index is 10.7. The summed E-state index contributed by atoms with van der Waals surface area (Å²) in [6.07, 6.45) is 1.72. The Morgan fingerprint density at radius 2 is 2.40 bits per heavy atom. The molecule has 54 valence electrons. The highest BCUT2D eigenvalue weighted by atomic mass is 79.9. The van der Waals surface area contributed by atoms with Crippen molar-refractivity contribution in [2.75, 3.05) is 0 Å². The second kappa shape index (κ2) is 3.01. The van der Waals surface area contributed by atoms with Gasteiger partial charge in [-0.25, -0.2) is 0 Å². The zero-order valence-corrected chi connectivity index (χ0v) is 7.23. The first-order valence-corrected chi connectivity index (χ1v) is 4.10. The van der Waals surface area contributed by atoms with Crippen molar-refractivity contribution in [3.05, 3.63) is 33.7 Å². The van der Waals surface area contributed by atoms with Gasteiger partial charge < -0.3 is 4.98 Å². The van der Waals surface area contributed by atoms with Gasteiger partial charge in [0.05, 0.1) is 0 Å². The SMILES string of the molecule is Cc1c[nH]c(=O)cc1CBr. The van der Waals surface area contributed by atoms with Crippen molar-refractivity contribution in [3.63, 3.8) is 0 Å². The number of hydrogen-bond acceptors (Lipinski definition) is 1. The minimum atomic E-state index is -0.0416. The van der Waals surface area contributed by atoms with Crippen LogP contribution in [-0.4, -0.2) is 4.98 Å². The highest BCUT2D eigenvalue weighted by Gasteiger charge is 1.94. The first-order chi connectivity index (χ1) is 4.74. The fraction of sp³-hybridized carbons (Fsp3) is 0.286. The van der Waals surface area contributed by atoms with Crippen molar-refractivity contribution < 1.29 is 0 Å². The summed E-state index contributed by atoms with van der Waals surface area (Å²) in [5.74, 6) is 0. The molecule has 0 spiro atoms. The Bertz CT molecular complexity index is 279. The van der Waals surface area contributed by atoms with E-state index in [1.807, 2.05) is 6.92 Å². The lowest BCUT2D eigenvalue weighted by Crippen LogP contribution is -2.05. The quantitative estimate of drug-likeness (QED) is 0.689. The van der Waals surface area contributed by atoms with Gasteiger partial charge in [0, 0.05) is 17.6 Å². The van der Waals surface area contributed by atoms with E-state index in [0.29, 0.717) is 0 Å². The Labute approximate surface area is 67.4 Å². The van der Waals surface area contributed by atoms with E-state index >= 15 is 0 Å². The predicted octanol–water partition coefficient (Wildman–Crippen LogP) is 1.58. The van der Waals surface area contributed by atoms with Crippen LogP contribution in [-0.2, 0) is 5.33 Å². The lowest BCUT2D eigenvalue weighted by atomic mass is 10.2. The van der Waals surface area contributed by atoms with Crippen LogP contribution in [0.4, 0.5) is 0 Å². The number of rotatable bonds is 1. The van der Waals surface area contributed by atoms with Crippen LogP contribution in [0, 0.1) is 6.92 Å². The fourth-order valence-electron chi connectivity index (χ4n) is 0.730. The molecular formula is C7H8BrNO. The Kier molecular flexibility index (Phi) is 2.27. The molecule has 0 amide bonds. The van der Waals surface area contributed by atoms with Crippen LogP contribution in [0.2, 0.25) is 0 Å². The van der Waals surface area contributed by atoms with E-state index in [1.165, 1.54) is 0 Å². The molecule has 0 aliphatic carbocycles. The number of H-pyrrole nitrogens is 1. The molecule has 1 aromatic heterocycles. The number of hydrogen-bond donors (Lipinski definition) is 1. The maximum Gasteiger partial charge on any atom is 0.248 e. The smallest absolute Gasteiger partial charge is 0.248 e. The van der Waals surface area contributed by atoms with Crippen LogP contribution in [0.15, 0.2) is 17.1 Å². The third-order valence-electron chi connectivity index (χ3n) is 1.39. The lowest BCUT2D eigenvalue weighted by Gasteiger charge is -1.97. The van der Waals surface area contributed by atoms with Crippen LogP contribution < -0.4 is 5.56 Å². The van der Waals surface area contributed by atoms with E-state index in [1.54, 1.807) is 12.3 Å². The Hall–Kier alpha value is -0.570. The number of aryl methyl sites for hydroxylation is 1. The van der Waals surface area contributed by atoms with Crippen molar-refractivity contribution in [3.8, 4) is 0 Å². The van der Waals surface area contributed by atoms with Gasteiger partial charge in [-0.05, 0) is 18.1 Å². The molecule has 0 bridgehead atoms. The molecule has 0 atom stereocenters. The lowest BCUT2D eigenvalue weighted by molar-refractivity contribution is 1.15. The summed E-state index contributed by atoms with van der Waals surface area (Å²) in [4.78, 5) is 13.3. The zero-order valence-electron chi connectivity index (χ0n) is 5.65. The van der Waals surface area contributed by atoms with Crippen molar-refractivity contribution in [1.29, 1.82) is 0 Å². The van der Waals surface area contributed by atoms with Gasteiger partial charge in [0.25, 0.3) is 0 Å². The van der Waals surface area contributed by atoms with Gasteiger partial charge in [0.15, 0.2) is 0 Å². The summed E-state index contributed by atoms with van der Waals surface area (Å²) < 4.78 is 0. The predicted molar refractivity (Wildman–Crippen MR) is 44.4 cm³/mol. The highest BCUT2D eigenvalue weighted by Crippen LogP contribution is 2.06. The van der Waals surface area contributed by atoms with Crippen LogP contribution in [0.3, 0.4) is 0 Å². The number of aromatic nitrogens is 1. The average Bonchev–Trinajstić information content (AvgIpc) is 1.94. The Morgan fingerprint density at radius 1 is 1.70 bits per heavy atom. The van der Waals surface area contributed by atoms with Gasteiger partial charge in [-0.1, -0.05) is 15.9 Å². The van der Waals surface area contributed by atoms with E-state index in [4.69, 9.17) is 0 Å². The van der Waals surface area contributed by atoms with E-state index in [9.17, 15) is 4.79 Å². The first kappa shape index (κ1) is 7.54. The molecule has 0 aromatic carbocycles. The number of aromatic amines is 1. The van der Waals surface area contributed by atoms with Gasteiger partial charge >= 0.3 is 0 Å². The van der Waals surface area contributed by atoms with Gasteiger partial charge in [-0.3, -0.25) is 4.79 Å². The third-order valence-corrected chi connectivity index (χ3v) is 1.99. The third kappa shape index (κ3) is 1.48. The topological polar surface area (TPSA) is 32.9 Å². The summed E-state index contributed by atoms with van der Waals surface area (Å²) in [6, 6.07) is 1.60. The molecule has 2 nitrogen and oxygen atoms in total. The number of halogens is 1. The van der Waals surface area contributed by atoms with Gasteiger partial charge in [0.1, 0.15) is 0 Å². The second-order valence-electron chi connectivity index (χ2n) is 2.14. The molecule has 0 saturated carbocycles.